The summed E-state index contributed by atoms with van der Waals surface area (Å²) in [5, 5.41) is 0. The van der Waals surface area contributed by atoms with Crippen molar-refractivity contribution >= 4 is 0 Å². The van der Waals surface area contributed by atoms with Crippen LogP contribution in [0.5, 0.6) is 0 Å². The summed E-state index contributed by atoms with van der Waals surface area (Å²) in [5.74, 6) is 1.05. The fraction of sp³-hybridized carbons (Fsp3) is 1.00. The molecule has 0 aromatic carbocycles. The summed E-state index contributed by atoms with van der Waals surface area (Å²) in [6, 6.07) is 2.19. The Balaban J connectivity index is 1.51. The van der Waals surface area contributed by atoms with E-state index in [1.807, 2.05) is 0 Å². The van der Waals surface area contributed by atoms with Crippen molar-refractivity contribution in [1.29, 1.82) is 0 Å². The highest BCUT2D eigenvalue weighted by atomic mass is 15.2. The third-order valence-corrected chi connectivity index (χ3v) is 5.19. The summed E-state index contributed by atoms with van der Waals surface area (Å²) in [6.45, 7) is 1.37. The van der Waals surface area contributed by atoms with Gasteiger partial charge in [-0.2, -0.15) is 0 Å². The van der Waals surface area contributed by atoms with Gasteiger partial charge in [0.1, 0.15) is 0 Å². The van der Waals surface area contributed by atoms with Gasteiger partial charge in [0.2, 0.25) is 0 Å². The van der Waals surface area contributed by atoms with Crippen molar-refractivity contribution in [3.63, 3.8) is 0 Å². The van der Waals surface area contributed by atoms with Gasteiger partial charge in [-0.1, -0.05) is 25.7 Å². The van der Waals surface area contributed by atoms with E-state index in [0.717, 1.165) is 18.0 Å². The van der Waals surface area contributed by atoms with Crippen molar-refractivity contribution < 1.29 is 0 Å². The van der Waals surface area contributed by atoms with Crippen molar-refractivity contribution in [2.24, 2.45) is 11.7 Å². The molecule has 2 nitrogen and oxygen atoms in total. The fourth-order valence-corrected chi connectivity index (χ4v) is 4.31. The van der Waals surface area contributed by atoms with Crippen LogP contribution in [0.3, 0.4) is 0 Å². The molecule has 0 aromatic heterocycles. The van der Waals surface area contributed by atoms with Gasteiger partial charge in [0.05, 0.1) is 0 Å². The third-order valence-electron chi connectivity index (χ3n) is 5.19. The SMILES string of the molecule is NC1CC2CCC(C1)N2CCC1CCCC1. The Hall–Kier alpha value is -0.0800. The highest BCUT2D eigenvalue weighted by molar-refractivity contribution is 4.96. The molecule has 92 valence electrons. The van der Waals surface area contributed by atoms with E-state index in [2.05, 4.69) is 4.90 Å². The maximum atomic E-state index is 6.11. The second kappa shape index (κ2) is 4.66. The Labute approximate surface area is 99.6 Å². The molecule has 2 heteroatoms. The number of hydrogen-bond donors (Lipinski definition) is 1. The van der Waals surface area contributed by atoms with Crippen LogP contribution < -0.4 is 5.73 Å². The van der Waals surface area contributed by atoms with E-state index in [9.17, 15) is 0 Å². The van der Waals surface area contributed by atoms with E-state index in [1.165, 1.54) is 64.3 Å². The van der Waals surface area contributed by atoms with Gasteiger partial charge in [0, 0.05) is 18.1 Å². The summed E-state index contributed by atoms with van der Waals surface area (Å²) in [4.78, 5) is 2.81. The Bertz CT molecular complexity index is 221. The first-order valence-corrected chi connectivity index (χ1v) is 7.34. The van der Waals surface area contributed by atoms with Crippen LogP contribution in [0, 0.1) is 5.92 Å². The van der Waals surface area contributed by atoms with Crippen LogP contribution in [-0.2, 0) is 0 Å². The normalized spacial score (nSPS) is 40.7. The van der Waals surface area contributed by atoms with Gasteiger partial charge in [-0.3, -0.25) is 4.90 Å². The van der Waals surface area contributed by atoms with Crippen LogP contribution in [0.25, 0.3) is 0 Å². The molecule has 0 amide bonds. The van der Waals surface area contributed by atoms with E-state index in [0.29, 0.717) is 6.04 Å². The summed E-state index contributed by atoms with van der Waals surface area (Å²) < 4.78 is 0. The van der Waals surface area contributed by atoms with Crippen molar-refractivity contribution in [2.45, 2.75) is 75.9 Å². The van der Waals surface area contributed by atoms with Gasteiger partial charge >= 0.3 is 0 Å². The van der Waals surface area contributed by atoms with Gasteiger partial charge in [-0.15, -0.1) is 0 Å². The minimum absolute atomic E-state index is 0.500. The number of nitrogens with two attached hydrogens (primary N) is 1. The molecule has 1 saturated carbocycles. The largest absolute Gasteiger partial charge is 0.328 e. The van der Waals surface area contributed by atoms with E-state index >= 15 is 0 Å². The lowest BCUT2D eigenvalue weighted by Crippen LogP contribution is -2.47. The first-order valence-electron chi connectivity index (χ1n) is 7.34. The zero-order chi connectivity index (χ0) is 11.0. The molecular formula is C14H26N2. The predicted octanol–water partition coefficient (Wildman–Crippen LogP) is 2.52. The average Bonchev–Trinajstić information content (AvgIpc) is 2.83. The lowest BCUT2D eigenvalue weighted by atomic mass is 9.96. The standard InChI is InChI=1S/C14H26N2/c15-12-9-13-5-6-14(10-12)16(13)8-7-11-3-1-2-4-11/h11-14H,1-10,15H2. The van der Waals surface area contributed by atoms with Crippen LogP contribution in [0.2, 0.25) is 0 Å². The second-order valence-electron chi connectivity index (χ2n) is 6.29. The van der Waals surface area contributed by atoms with Crippen molar-refractivity contribution in [1.82, 2.24) is 4.90 Å². The maximum absolute atomic E-state index is 6.11. The summed E-state index contributed by atoms with van der Waals surface area (Å²) in [6.07, 6.45) is 12.8. The number of rotatable bonds is 3. The molecule has 3 rings (SSSR count). The van der Waals surface area contributed by atoms with Crippen LogP contribution in [-0.4, -0.2) is 29.6 Å². The molecule has 2 saturated heterocycles. The molecule has 2 unspecified atom stereocenters. The van der Waals surface area contributed by atoms with Gasteiger partial charge in [0.25, 0.3) is 0 Å². The second-order valence-corrected chi connectivity index (χ2v) is 6.29. The smallest absolute Gasteiger partial charge is 0.0113 e. The zero-order valence-corrected chi connectivity index (χ0v) is 10.4. The predicted molar refractivity (Wildman–Crippen MR) is 67.3 cm³/mol. The molecule has 2 aliphatic heterocycles. The van der Waals surface area contributed by atoms with Gasteiger partial charge in [-0.05, 0) is 44.6 Å². The van der Waals surface area contributed by atoms with Crippen LogP contribution >= 0.6 is 0 Å². The number of hydrogen-bond acceptors (Lipinski definition) is 2. The first-order chi connectivity index (χ1) is 7.83. The molecule has 0 aromatic rings. The Morgan fingerprint density at radius 1 is 0.938 bits per heavy atom. The fourth-order valence-electron chi connectivity index (χ4n) is 4.31. The molecule has 3 fully saturated rings. The first kappa shape index (κ1) is 11.0. The summed E-state index contributed by atoms with van der Waals surface area (Å²) in [5.41, 5.74) is 6.11. The maximum Gasteiger partial charge on any atom is 0.0113 e. The van der Waals surface area contributed by atoms with Crippen LogP contribution in [0.4, 0.5) is 0 Å². The molecular weight excluding hydrogens is 196 g/mol. The molecule has 1 aliphatic carbocycles. The average molecular weight is 222 g/mol. The van der Waals surface area contributed by atoms with E-state index in [1.54, 1.807) is 0 Å². The van der Waals surface area contributed by atoms with E-state index in [-0.39, 0.29) is 0 Å². The van der Waals surface area contributed by atoms with Crippen LogP contribution in [0.1, 0.15) is 57.8 Å². The summed E-state index contributed by atoms with van der Waals surface area (Å²) >= 11 is 0. The van der Waals surface area contributed by atoms with Crippen molar-refractivity contribution in [2.75, 3.05) is 6.54 Å². The third kappa shape index (κ3) is 2.14. The number of piperidine rings is 1. The lowest BCUT2D eigenvalue weighted by molar-refractivity contribution is 0.120. The highest BCUT2D eigenvalue weighted by Gasteiger charge is 2.39. The van der Waals surface area contributed by atoms with E-state index in [4.69, 9.17) is 5.73 Å². The molecule has 16 heavy (non-hydrogen) atoms. The van der Waals surface area contributed by atoms with Crippen molar-refractivity contribution in [3.8, 4) is 0 Å². The van der Waals surface area contributed by atoms with Gasteiger partial charge in [-0.25, -0.2) is 0 Å². The van der Waals surface area contributed by atoms with E-state index < -0.39 is 0 Å². The zero-order valence-electron chi connectivity index (χ0n) is 10.4. The molecule has 3 aliphatic rings. The number of fused-ring (bicyclic) bond motifs is 2. The molecule has 2 atom stereocenters. The molecule has 0 spiro atoms. The Morgan fingerprint density at radius 2 is 1.56 bits per heavy atom. The number of nitrogens with zero attached hydrogens (tertiary/aromatic N) is 1. The molecule has 2 bridgehead atoms. The molecule has 2 heterocycles. The minimum atomic E-state index is 0.500. The van der Waals surface area contributed by atoms with Gasteiger partial charge < -0.3 is 5.73 Å². The topological polar surface area (TPSA) is 29.3 Å². The monoisotopic (exact) mass is 222 g/mol. The minimum Gasteiger partial charge on any atom is -0.328 e. The highest BCUT2D eigenvalue weighted by Crippen LogP contribution is 2.36. The Kier molecular flexibility index (Phi) is 3.21. The lowest BCUT2D eigenvalue weighted by Gasteiger charge is -2.38. The van der Waals surface area contributed by atoms with Crippen LogP contribution in [0.15, 0.2) is 0 Å². The van der Waals surface area contributed by atoms with Crippen molar-refractivity contribution in [3.05, 3.63) is 0 Å². The Morgan fingerprint density at radius 3 is 2.19 bits per heavy atom. The molecule has 2 N–H and O–H groups in total. The summed E-state index contributed by atoms with van der Waals surface area (Å²) in [7, 11) is 0. The van der Waals surface area contributed by atoms with Gasteiger partial charge in [0.15, 0.2) is 0 Å². The quantitative estimate of drug-likeness (QED) is 0.795. The molecule has 0 radical (unpaired) electrons.